The Balaban J connectivity index is 1.24. The van der Waals surface area contributed by atoms with Gasteiger partial charge in [0.1, 0.15) is 12.4 Å². The third-order valence-electron chi connectivity index (χ3n) is 5.45. The largest absolute Gasteiger partial charge is 0.491 e. The third kappa shape index (κ3) is 7.08. The van der Waals surface area contributed by atoms with Crippen LogP contribution in [0.1, 0.15) is 28.8 Å². The van der Waals surface area contributed by atoms with E-state index in [4.69, 9.17) is 9.47 Å². The topological polar surface area (TPSA) is 88.7 Å². The molecular formula is C27H29N3O4. The molecule has 2 amide bonds. The SMILES string of the molecule is O=C(CNc1cccc(C(=O)NCc2ccccc2)c1)Nc1cccc(OCC2CCCO2)c1. The Bertz CT molecular complexity index is 1100. The fraction of sp³-hybridized carbons (Fsp3) is 0.259. The maximum absolute atomic E-state index is 12.5. The van der Waals surface area contributed by atoms with Gasteiger partial charge in [0.05, 0.1) is 12.6 Å². The number of hydrogen-bond acceptors (Lipinski definition) is 5. The number of carbonyl (C=O) groups excluding carboxylic acids is 2. The zero-order valence-corrected chi connectivity index (χ0v) is 19.0. The lowest BCUT2D eigenvalue weighted by atomic mass is 10.1. The summed E-state index contributed by atoms with van der Waals surface area (Å²) in [5.74, 6) is 0.322. The number of ether oxygens (including phenoxy) is 2. The molecule has 3 aromatic rings. The molecule has 0 aliphatic carbocycles. The van der Waals surface area contributed by atoms with Crippen LogP contribution < -0.4 is 20.7 Å². The summed E-state index contributed by atoms with van der Waals surface area (Å²) in [4.78, 5) is 24.9. The van der Waals surface area contributed by atoms with Gasteiger partial charge in [-0.2, -0.15) is 0 Å². The van der Waals surface area contributed by atoms with Gasteiger partial charge in [0.25, 0.3) is 5.91 Å². The molecule has 4 rings (SSSR count). The summed E-state index contributed by atoms with van der Waals surface area (Å²) < 4.78 is 11.4. The van der Waals surface area contributed by atoms with Crippen molar-refractivity contribution >= 4 is 23.2 Å². The average molecular weight is 460 g/mol. The highest BCUT2D eigenvalue weighted by atomic mass is 16.5. The van der Waals surface area contributed by atoms with Crippen molar-refractivity contribution in [2.24, 2.45) is 0 Å². The first-order valence-electron chi connectivity index (χ1n) is 11.5. The minimum absolute atomic E-state index is 0.0656. The lowest BCUT2D eigenvalue weighted by Gasteiger charge is -2.13. The van der Waals surface area contributed by atoms with E-state index >= 15 is 0 Å². The molecule has 7 heteroatoms. The summed E-state index contributed by atoms with van der Waals surface area (Å²) in [7, 11) is 0. The van der Waals surface area contributed by atoms with Gasteiger partial charge in [-0.15, -0.1) is 0 Å². The van der Waals surface area contributed by atoms with E-state index in [0.717, 1.165) is 25.0 Å². The first kappa shape index (κ1) is 23.3. The second-order valence-electron chi connectivity index (χ2n) is 8.12. The minimum Gasteiger partial charge on any atom is -0.491 e. The molecule has 0 aromatic heterocycles. The van der Waals surface area contributed by atoms with E-state index < -0.39 is 0 Å². The van der Waals surface area contributed by atoms with Gasteiger partial charge in [0.2, 0.25) is 5.91 Å². The molecule has 1 aliphatic heterocycles. The predicted molar refractivity (Wildman–Crippen MR) is 132 cm³/mol. The number of hydrogen-bond donors (Lipinski definition) is 3. The fourth-order valence-electron chi connectivity index (χ4n) is 3.67. The first-order valence-corrected chi connectivity index (χ1v) is 11.5. The highest BCUT2D eigenvalue weighted by molar-refractivity contribution is 5.96. The number of nitrogens with one attached hydrogen (secondary N) is 3. The van der Waals surface area contributed by atoms with Gasteiger partial charge in [-0.05, 0) is 48.7 Å². The predicted octanol–water partition coefficient (Wildman–Crippen LogP) is 4.23. The van der Waals surface area contributed by atoms with Crippen LogP contribution in [0.15, 0.2) is 78.9 Å². The van der Waals surface area contributed by atoms with Crippen molar-refractivity contribution in [2.45, 2.75) is 25.5 Å². The molecule has 1 aliphatic rings. The Morgan fingerprint density at radius 2 is 1.76 bits per heavy atom. The van der Waals surface area contributed by atoms with Gasteiger partial charge in [0.15, 0.2) is 0 Å². The van der Waals surface area contributed by atoms with Crippen molar-refractivity contribution in [1.82, 2.24) is 5.32 Å². The lowest BCUT2D eigenvalue weighted by Crippen LogP contribution is -2.24. The van der Waals surface area contributed by atoms with Crippen LogP contribution in [-0.2, 0) is 16.1 Å². The molecule has 3 aromatic carbocycles. The summed E-state index contributed by atoms with van der Waals surface area (Å²) in [5, 5.41) is 8.84. The van der Waals surface area contributed by atoms with Gasteiger partial charge in [0, 0.05) is 36.2 Å². The molecule has 0 radical (unpaired) electrons. The molecular weight excluding hydrogens is 430 g/mol. The monoisotopic (exact) mass is 459 g/mol. The first-order chi connectivity index (χ1) is 16.7. The van der Waals surface area contributed by atoms with Crippen LogP contribution >= 0.6 is 0 Å². The van der Waals surface area contributed by atoms with Crippen molar-refractivity contribution in [3.63, 3.8) is 0 Å². The Hall–Kier alpha value is -3.84. The average Bonchev–Trinajstić information content (AvgIpc) is 3.40. The molecule has 1 unspecified atom stereocenters. The number of benzene rings is 3. The van der Waals surface area contributed by atoms with Crippen molar-refractivity contribution in [2.75, 3.05) is 30.4 Å². The van der Waals surface area contributed by atoms with Crippen LogP contribution in [-0.4, -0.2) is 37.7 Å². The molecule has 0 saturated carbocycles. The second-order valence-corrected chi connectivity index (χ2v) is 8.12. The summed E-state index contributed by atoms with van der Waals surface area (Å²) in [6.07, 6.45) is 2.22. The fourth-order valence-corrected chi connectivity index (χ4v) is 3.67. The Kier molecular flexibility index (Phi) is 8.13. The lowest BCUT2D eigenvalue weighted by molar-refractivity contribution is -0.114. The normalized spacial score (nSPS) is 14.9. The van der Waals surface area contributed by atoms with E-state index in [0.29, 0.717) is 35.8 Å². The zero-order valence-electron chi connectivity index (χ0n) is 19.0. The maximum Gasteiger partial charge on any atom is 0.251 e. The molecule has 1 fully saturated rings. The van der Waals surface area contributed by atoms with Gasteiger partial charge in [-0.3, -0.25) is 9.59 Å². The van der Waals surface area contributed by atoms with Crippen molar-refractivity contribution in [3.8, 4) is 5.75 Å². The number of anilines is 2. The van der Waals surface area contributed by atoms with Crippen molar-refractivity contribution in [3.05, 3.63) is 90.0 Å². The Morgan fingerprint density at radius 1 is 0.941 bits per heavy atom. The van der Waals surface area contributed by atoms with Gasteiger partial charge in [-0.25, -0.2) is 0 Å². The zero-order chi connectivity index (χ0) is 23.6. The van der Waals surface area contributed by atoms with E-state index in [1.54, 1.807) is 24.3 Å². The van der Waals surface area contributed by atoms with E-state index in [1.165, 1.54) is 0 Å². The summed E-state index contributed by atoms with van der Waals surface area (Å²) in [5.41, 5.74) is 2.91. The molecule has 0 spiro atoms. The Morgan fingerprint density at radius 3 is 2.59 bits per heavy atom. The summed E-state index contributed by atoms with van der Waals surface area (Å²) in [6.45, 7) is 1.82. The van der Waals surface area contributed by atoms with Crippen LogP contribution in [0.4, 0.5) is 11.4 Å². The molecule has 0 bridgehead atoms. The highest BCUT2D eigenvalue weighted by Gasteiger charge is 2.16. The minimum atomic E-state index is -0.199. The number of amides is 2. The van der Waals surface area contributed by atoms with Crippen molar-refractivity contribution < 1.29 is 19.1 Å². The second kappa shape index (κ2) is 11.9. The van der Waals surface area contributed by atoms with Crippen LogP contribution in [0.5, 0.6) is 5.75 Å². The molecule has 34 heavy (non-hydrogen) atoms. The van der Waals surface area contributed by atoms with E-state index in [9.17, 15) is 9.59 Å². The third-order valence-corrected chi connectivity index (χ3v) is 5.45. The van der Waals surface area contributed by atoms with Gasteiger partial charge in [-0.1, -0.05) is 42.5 Å². The number of rotatable bonds is 10. The highest BCUT2D eigenvalue weighted by Crippen LogP contribution is 2.20. The maximum atomic E-state index is 12.5. The van der Waals surface area contributed by atoms with Gasteiger partial charge >= 0.3 is 0 Å². The molecule has 3 N–H and O–H groups in total. The molecule has 1 heterocycles. The van der Waals surface area contributed by atoms with E-state index in [1.807, 2.05) is 54.6 Å². The number of carbonyl (C=O) groups is 2. The molecule has 1 atom stereocenters. The summed E-state index contributed by atoms with van der Waals surface area (Å²) >= 11 is 0. The van der Waals surface area contributed by atoms with Crippen LogP contribution in [0.3, 0.4) is 0 Å². The van der Waals surface area contributed by atoms with Crippen molar-refractivity contribution in [1.29, 1.82) is 0 Å². The van der Waals surface area contributed by atoms with E-state index in [2.05, 4.69) is 16.0 Å². The quantitative estimate of drug-likeness (QED) is 0.422. The van der Waals surface area contributed by atoms with Crippen LogP contribution in [0, 0.1) is 0 Å². The summed E-state index contributed by atoms with van der Waals surface area (Å²) in [6, 6.07) is 24.1. The Labute approximate surface area is 199 Å². The standard InChI is InChI=1S/C27H29N3O4/c31-26(30-23-11-5-12-24(16-23)34-19-25-13-6-14-33-25)18-28-22-10-4-9-21(15-22)27(32)29-17-20-7-2-1-3-8-20/h1-5,7-12,15-16,25,28H,6,13-14,17-19H2,(H,29,32)(H,30,31). The molecule has 7 nitrogen and oxygen atoms in total. The van der Waals surface area contributed by atoms with Gasteiger partial charge < -0.3 is 25.4 Å². The molecule has 1 saturated heterocycles. The van der Waals surface area contributed by atoms with Crippen LogP contribution in [0.2, 0.25) is 0 Å². The van der Waals surface area contributed by atoms with E-state index in [-0.39, 0.29) is 24.5 Å². The van der Waals surface area contributed by atoms with Crippen LogP contribution in [0.25, 0.3) is 0 Å². The smallest absolute Gasteiger partial charge is 0.251 e. The molecule has 176 valence electrons.